The van der Waals surface area contributed by atoms with E-state index in [1.807, 2.05) is 0 Å². The van der Waals surface area contributed by atoms with Crippen molar-refractivity contribution in [3.05, 3.63) is 0 Å². The van der Waals surface area contributed by atoms with Crippen LogP contribution in [-0.4, -0.2) is 50.0 Å². The van der Waals surface area contributed by atoms with Gasteiger partial charge < -0.3 is 20.5 Å². The largest absolute Gasteiger partial charge is 0.392 e. The molecule has 0 aromatic heterocycles. The number of aliphatic imine (C=N–C) groups is 1. The van der Waals surface area contributed by atoms with Crippen molar-refractivity contribution in [1.82, 2.24) is 10.6 Å². The molecule has 2 saturated carbocycles. The van der Waals surface area contributed by atoms with Crippen LogP contribution in [0.4, 0.5) is 0 Å². The maximum Gasteiger partial charge on any atom is 0.191 e. The molecule has 0 spiro atoms. The Balaban J connectivity index is 0.00000364. The molecule has 160 valence electrons. The van der Waals surface area contributed by atoms with Crippen LogP contribution in [0.2, 0.25) is 0 Å². The summed E-state index contributed by atoms with van der Waals surface area (Å²) in [5.41, 5.74) is 0.264. The Hall–Kier alpha value is -0.0800. The van der Waals surface area contributed by atoms with Crippen molar-refractivity contribution >= 4 is 29.9 Å². The minimum absolute atomic E-state index is 0. The minimum atomic E-state index is -0.209. The van der Waals surface area contributed by atoms with E-state index in [9.17, 15) is 5.11 Å². The molecule has 0 heterocycles. The number of rotatable bonds is 9. The maximum absolute atomic E-state index is 10.4. The van der Waals surface area contributed by atoms with Crippen LogP contribution in [0.3, 0.4) is 0 Å². The maximum atomic E-state index is 10.4. The first-order valence-electron chi connectivity index (χ1n) is 10.8. The SMILES string of the molecule is CCNC(=NCC1(CCOCC)CCCC1)NCC1(C)CCCCC1O.I. The zero-order chi connectivity index (χ0) is 18.9. The van der Waals surface area contributed by atoms with Crippen molar-refractivity contribution in [3.63, 3.8) is 0 Å². The van der Waals surface area contributed by atoms with Crippen LogP contribution in [0.15, 0.2) is 4.99 Å². The van der Waals surface area contributed by atoms with E-state index in [0.717, 1.165) is 64.5 Å². The molecule has 0 aromatic rings. The van der Waals surface area contributed by atoms with Crippen molar-refractivity contribution in [2.24, 2.45) is 15.8 Å². The van der Waals surface area contributed by atoms with Gasteiger partial charge in [-0.05, 0) is 51.4 Å². The topological polar surface area (TPSA) is 65.9 Å². The van der Waals surface area contributed by atoms with E-state index in [0.29, 0.717) is 5.41 Å². The molecule has 27 heavy (non-hydrogen) atoms. The molecule has 2 aliphatic rings. The third kappa shape index (κ3) is 7.69. The van der Waals surface area contributed by atoms with Gasteiger partial charge >= 0.3 is 0 Å². The van der Waals surface area contributed by atoms with Gasteiger partial charge in [-0.1, -0.05) is 32.6 Å². The second kappa shape index (κ2) is 12.5. The zero-order valence-electron chi connectivity index (χ0n) is 17.7. The Morgan fingerprint density at radius 2 is 1.81 bits per heavy atom. The highest BCUT2D eigenvalue weighted by Gasteiger charge is 2.36. The van der Waals surface area contributed by atoms with Crippen LogP contribution in [0.5, 0.6) is 0 Å². The Bertz CT molecular complexity index is 441. The Labute approximate surface area is 183 Å². The molecule has 2 rings (SSSR count). The summed E-state index contributed by atoms with van der Waals surface area (Å²) in [6.07, 6.45) is 10.4. The van der Waals surface area contributed by atoms with Crippen molar-refractivity contribution in [2.45, 2.75) is 84.7 Å². The minimum Gasteiger partial charge on any atom is -0.392 e. The number of aliphatic hydroxyl groups is 1. The van der Waals surface area contributed by atoms with Crippen LogP contribution in [0, 0.1) is 10.8 Å². The molecule has 0 aromatic carbocycles. The highest BCUT2D eigenvalue weighted by Crippen LogP contribution is 2.41. The molecule has 2 unspecified atom stereocenters. The predicted octanol–water partition coefficient (Wildman–Crippen LogP) is 4.09. The number of nitrogens with one attached hydrogen (secondary N) is 2. The number of hydrogen-bond donors (Lipinski definition) is 3. The van der Waals surface area contributed by atoms with Gasteiger partial charge in [0.1, 0.15) is 0 Å². The second-order valence-corrected chi connectivity index (χ2v) is 8.62. The highest BCUT2D eigenvalue weighted by molar-refractivity contribution is 14.0. The van der Waals surface area contributed by atoms with Crippen LogP contribution < -0.4 is 10.6 Å². The number of ether oxygens (including phenoxy) is 1. The van der Waals surface area contributed by atoms with Gasteiger partial charge in [-0.2, -0.15) is 0 Å². The Kier molecular flexibility index (Phi) is 11.5. The lowest BCUT2D eigenvalue weighted by Gasteiger charge is -2.39. The molecular weight excluding hydrogens is 453 g/mol. The molecule has 0 saturated heterocycles. The van der Waals surface area contributed by atoms with Crippen molar-refractivity contribution < 1.29 is 9.84 Å². The molecule has 6 heteroatoms. The van der Waals surface area contributed by atoms with E-state index in [1.54, 1.807) is 0 Å². The number of nitrogens with zero attached hydrogens (tertiary/aromatic N) is 1. The second-order valence-electron chi connectivity index (χ2n) is 8.62. The molecule has 0 amide bonds. The van der Waals surface area contributed by atoms with Gasteiger partial charge in [-0.25, -0.2) is 0 Å². The zero-order valence-corrected chi connectivity index (χ0v) is 20.0. The van der Waals surface area contributed by atoms with Crippen LogP contribution in [0.1, 0.15) is 78.6 Å². The summed E-state index contributed by atoms with van der Waals surface area (Å²) in [4.78, 5) is 4.94. The summed E-state index contributed by atoms with van der Waals surface area (Å²) in [5, 5.41) is 17.3. The third-order valence-electron chi connectivity index (χ3n) is 6.50. The molecule has 5 nitrogen and oxygen atoms in total. The smallest absolute Gasteiger partial charge is 0.191 e. The van der Waals surface area contributed by atoms with Crippen LogP contribution in [0.25, 0.3) is 0 Å². The van der Waals surface area contributed by atoms with Gasteiger partial charge in [-0.3, -0.25) is 4.99 Å². The number of halogens is 1. The lowest BCUT2D eigenvalue weighted by molar-refractivity contribution is 0.00396. The van der Waals surface area contributed by atoms with Gasteiger partial charge in [0.15, 0.2) is 5.96 Å². The lowest BCUT2D eigenvalue weighted by atomic mass is 9.73. The summed E-state index contributed by atoms with van der Waals surface area (Å²) in [7, 11) is 0. The number of hydrogen-bond acceptors (Lipinski definition) is 3. The van der Waals surface area contributed by atoms with E-state index >= 15 is 0 Å². The van der Waals surface area contributed by atoms with E-state index in [1.165, 1.54) is 32.1 Å². The fourth-order valence-corrected chi connectivity index (χ4v) is 4.51. The van der Waals surface area contributed by atoms with E-state index in [-0.39, 0.29) is 35.5 Å². The molecule has 2 fully saturated rings. The monoisotopic (exact) mass is 495 g/mol. The summed E-state index contributed by atoms with van der Waals surface area (Å²) in [5.74, 6) is 0.897. The Morgan fingerprint density at radius 1 is 1.11 bits per heavy atom. The molecule has 0 aliphatic heterocycles. The fourth-order valence-electron chi connectivity index (χ4n) is 4.51. The van der Waals surface area contributed by atoms with Gasteiger partial charge in [-0.15, -0.1) is 24.0 Å². The highest BCUT2D eigenvalue weighted by atomic mass is 127. The first kappa shape index (κ1) is 25.0. The van der Waals surface area contributed by atoms with Gasteiger partial charge in [0, 0.05) is 38.3 Å². The fraction of sp³-hybridized carbons (Fsp3) is 0.952. The van der Waals surface area contributed by atoms with Gasteiger partial charge in [0.2, 0.25) is 0 Å². The van der Waals surface area contributed by atoms with Gasteiger partial charge in [0.05, 0.1) is 6.10 Å². The van der Waals surface area contributed by atoms with E-state index in [2.05, 4.69) is 31.4 Å². The van der Waals surface area contributed by atoms with Crippen LogP contribution >= 0.6 is 24.0 Å². The third-order valence-corrected chi connectivity index (χ3v) is 6.50. The summed E-state index contributed by atoms with van der Waals surface area (Å²) >= 11 is 0. The average Bonchev–Trinajstić information content (AvgIpc) is 3.10. The molecule has 0 bridgehead atoms. The van der Waals surface area contributed by atoms with Crippen LogP contribution in [-0.2, 0) is 4.74 Å². The summed E-state index contributed by atoms with van der Waals surface area (Å²) < 4.78 is 5.62. The van der Waals surface area contributed by atoms with Gasteiger partial charge in [0.25, 0.3) is 0 Å². The van der Waals surface area contributed by atoms with E-state index in [4.69, 9.17) is 9.73 Å². The molecule has 2 aliphatic carbocycles. The molecule has 3 N–H and O–H groups in total. The van der Waals surface area contributed by atoms with E-state index < -0.39 is 0 Å². The first-order valence-corrected chi connectivity index (χ1v) is 10.8. The van der Waals surface area contributed by atoms with Crippen molar-refractivity contribution in [2.75, 3.05) is 32.8 Å². The molecule has 2 atom stereocenters. The van der Waals surface area contributed by atoms with Crippen molar-refractivity contribution in [3.8, 4) is 0 Å². The quantitative estimate of drug-likeness (QED) is 0.195. The summed E-state index contributed by atoms with van der Waals surface area (Å²) in [6, 6.07) is 0. The van der Waals surface area contributed by atoms with Crippen molar-refractivity contribution in [1.29, 1.82) is 0 Å². The number of aliphatic hydroxyl groups excluding tert-OH is 1. The normalized spacial score (nSPS) is 27.9. The first-order chi connectivity index (χ1) is 12.5. The number of guanidine groups is 1. The predicted molar refractivity (Wildman–Crippen MR) is 124 cm³/mol. The lowest BCUT2D eigenvalue weighted by Crippen LogP contribution is -2.48. The Morgan fingerprint density at radius 3 is 2.44 bits per heavy atom. The average molecular weight is 495 g/mol. The standard InChI is InChI=1S/C21H41N3O2.HI/c1-4-22-19(23-16-20(3)11-7-6-10-18(20)25)24-17-21(12-8-9-13-21)14-15-26-5-2;/h18,25H,4-17H2,1-3H3,(H2,22,23,24);1H. The molecule has 0 radical (unpaired) electrons. The molecular formula is C21H42IN3O2. The summed E-state index contributed by atoms with van der Waals surface area (Å²) in [6.45, 7) is 10.5.